The number of nitrogens with one attached hydrogen (secondary N) is 1. The fourth-order valence-corrected chi connectivity index (χ4v) is 2.37. The SMILES string of the molecule is CCOC(=O)CCCNC(=O)C1(c2ccccc2)CC1. The van der Waals surface area contributed by atoms with E-state index in [-0.39, 0.29) is 17.3 Å². The highest BCUT2D eigenvalue weighted by Gasteiger charge is 2.50. The molecule has 4 heteroatoms. The van der Waals surface area contributed by atoms with E-state index in [1.165, 1.54) is 0 Å². The molecule has 0 heterocycles. The fourth-order valence-electron chi connectivity index (χ4n) is 2.37. The molecule has 0 spiro atoms. The quantitative estimate of drug-likeness (QED) is 0.613. The Morgan fingerprint density at radius 2 is 1.95 bits per heavy atom. The summed E-state index contributed by atoms with van der Waals surface area (Å²) >= 11 is 0. The highest BCUT2D eigenvalue weighted by molar-refractivity contribution is 5.91. The van der Waals surface area contributed by atoms with Crippen molar-refractivity contribution in [1.82, 2.24) is 5.32 Å². The van der Waals surface area contributed by atoms with Crippen molar-refractivity contribution < 1.29 is 14.3 Å². The molecular formula is C16H21NO3. The Balaban J connectivity index is 1.77. The number of hydrogen-bond donors (Lipinski definition) is 1. The van der Waals surface area contributed by atoms with E-state index in [1.807, 2.05) is 30.3 Å². The van der Waals surface area contributed by atoms with E-state index < -0.39 is 0 Å². The smallest absolute Gasteiger partial charge is 0.305 e. The van der Waals surface area contributed by atoms with Gasteiger partial charge in [-0.1, -0.05) is 30.3 Å². The Labute approximate surface area is 119 Å². The highest BCUT2D eigenvalue weighted by Crippen LogP contribution is 2.48. The molecule has 0 atom stereocenters. The monoisotopic (exact) mass is 275 g/mol. The molecule has 1 aromatic rings. The van der Waals surface area contributed by atoms with Gasteiger partial charge in [0.1, 0.15) is 0 Å². The standard InChI is InChI=1S/C16H21NO3/c1-2-20-14(18)9-6-12-17-15(19)16(10-11-16)13-7-4-3-5-8-13/h3-5,7-8H,2,6,9-12H2,1H3,(H,17,19). The van der Waals surface area contributed by atoms with Gasteiger partial charge in [-0.25, -0.2) is 0 Å². The molecule has 108 valence electrons. The predicted octanol–water partition coefficient (Wildman–Crippen LogP) is 2.18. The molecule has 0 saturated heterocycles. The second-order valence-electron chi connectivity index (χ2n) is 5.11. The van der Waals surface area contributed by atoms with Crippen molar-refractivity contribution in [2.24, 2.45) is 0 Å². The van der Waals surface area contributed by atoms with E-state index in [2.05, 4.69) is 5.32 Å². The number of carbonyl (C=O) groups is 2. The molecule has 1 aromatic carbocycles. The van der Waals surface area contributed by atoms with Crippen molar-refractivity contribution in [3.63, 3.8) is 0 Å². The number of carbonyl (C=O) groups excluding carboxylic acids is 2. The van der Waals surface area contributed by atoms with Gasteiger partial charge in [-0.3, -0.25) is 9.59 Å². The number of esters is 1. The lowest BCUT2D eigenvalue weighted by Crippen LogP contribution is -2.35. The molecular weight excluding hydrogens is 254 g/mol. The minimum atomic E-state index is -0.328. The van der Waals surface area contributed by atoms with Crippen LogP contribution in [0.15, 0.2) is 30.3 Å². The van der Waals surface area contributed by atoms with Gasteiger partial charge in [0.15, 0.2) is 0 Å². The van der Waals surface area contributed by atoms with Crippen LogP contribution in [0.2, 0.25) is 0 Å². The predicted molar refractivity (Wildman–Crippen MR) is 76.2 cm³/mol. The summed E-state index contributed by atoms with van der Waals surface area (Å²) in [4.78, 5) is 23.5. The van der Waals surface area contributed by atoms with Gasteiger partial charge in [0.25, 0.3) is 0 Å². The van der Waals surface area contributed by atoms with Gasteiger partial charge >= 0.3 is 5.97 Å². The summed E-state index contributed by atoms with van der Waals surface area (Å²) in [5.74, 6) is -0.126. The van der Waals surface area contributed by atoms with Gasteiger partial charge < -0.3 is 10.1 Å². The average Bonchev–Trinajstić information content (AvgIpc) is 3.26. The first kappa shape index (κ1) is 14.6. The number of hydrogen-bond acceptors (Lipinski definition) is 3. The second kappa shape index (κ2) is 6.55. The number of amides is 1. The maximum atomic E-state index is 12.3. The van der Waals surface area contributed by atoms with Crippen LogP contribution in [-0.4, -0.2) is 25.0 Å². The Morgan fingerprint density at radius 1 is 1.25 bits per heavy atom. The normalized spacial score (nSPS) is 15.4. The lowest BCUT2D eigenvalue weighted by Gasteiger charge is -2.15. The zero-order valence-corrected chi connectivity index (χ0v) is 11.9. The summed E-state index contributed by atoms with van der Waals surface area (Å²) in [6.07, 6.45) is 2.78. The molecule has 0 aromatic heterocycles. The van der Waals surface area contributed by atoms with Gasteiger partial charge in [0.2, 0.25) is 5.91 Å². The van der Waals surface area contributed by atoms with E-state index in [0.29, 0.717) is 26.0 Å². The molecule has 2 rings (SSSR count). The van der Waals surface area contributed by atoms with Gasteiger partial charge in [-0.2, -0.15) is 0 Å². The maximum Gasteiger partial charge on any atom is 0.305 e. The maximum absolute atomic E-state index is 12.3. The van der Waals surface area contributed by atoms with E-state index >= 15 is 0 Å². The molecule has 4 nitrogen and oxygen atoms in total. The first-order chi connectivity index (χ1) is 9.69. The van der Waals surface area contributed by atoms with Crippen molar-refractivity contribution in [1.29, 1.82) is 0 Å². The molecule has 0 bridgehead atoms. The summed E-state index contributed by atoms with van der Waals surface area (Å²) < 4.78 is 4.85. The third kappa shape index (κ3) is 3.38. The van der Waals surface area contributed by atoms with E-state index in [4.69, 9.17) is 4.74 Å². The molecule has 1 saturated carbocycles. The average molecular weight is 275 g/mol. The molecule has 1 amide bonds. The van der Waals surface area contributed by atoms with Crippen LogP contribution in [0.25, 0.3) is 0 Å². The van der Waals surface area contributed by atoms with Gasteiger partial charge in [-0.05, 0) is 31.7 Å². The van der Waals surface area contributed by atoms with Crippen LogP contribution in [0, 0.1) is 0 Å². The molecule has 1 N–H and O–H groups in total. The topological polar surface area (TPSA) is 55.4 Å². The van der Waals surface area contributed by atoms with Crippen LogP contribution >= 0.6 is 0 Å². The first-order valence-electron chi connectivity index (χ1n) is 7.18. The molecule has 1 aliphatic rings. The summed E-state index contributed by atoms with van der Waals surface area (Å²) in [5, 5.41) is 2.93. The Bertz CT molecular complexity index is 466. The lowest BCUT2D eigenvalue weighted by molar-refractivity contribution is -0.143. The van der Waals surface area contributed by atoms with Crippen LogP contribution < -0.4 is 5.32 Å². The van der Waals surface area contributed by atoms with Crippen molar-refractivity contribution in [3.8, 4) is 0 Å². The van der Waals surface area contributed by atoms with E-state index in [0.717, 1.165) is 18.4 Å². The van der Waals surface area contributed by atoms with Crippen LogP contribution in [-0.2, 0) is 19.7 Å². The summed E-state index contributed by atoms with van der Waals surface area (Å²) in [5.41, 5.74) is 0.758. The molecule has 1 aliphatic carbocycles. The first-order valence-corrected chi connectivity index (χ1v) is 7.18. The fraction of sp³-hybridized carbons (Fsp3) is 0.500. The number of benzene rings is 1. The van der Waals surface area contributed by atoms with E-state index in [1.54, 1.807) is 6.92 Å². The van der Waals surface area contributed by atoms with Crippen molar-refractivity contribution in [2.45, 2.75) is 38.0 Å². The zero-order valence-electron chi connectivity index (χ0n) is 11.9. The van der Waals surface area contributed by atoms with Crippen molar-refractivity contribution in [3.05, 3.63) is 35.9 Å². The Hall–Kier alpha value is -1.84. The largest absolute Gasteiger partial charge is 0.466 e. The lowest BCUT2D eigenvalue weighted by atomic mass is 9.95. The Kier molecular flexibility index (Phi) is 4.77. The number of rotatable bonds is 7. The summed E-state index contributed by atoms with van der Waals surface area (Å²) in [6, 6.07) is 9.89. The summed E-state index contributed by atoms with van der Waals surface area (Å²) in [6.45, 7) is 2.71. The van der Waals surface area contributed by atoms with Crippen LogP contribution in [0.5, 0.6) is 0 Å². The molecule has 0 unspecified atom stereocenters. The highest BCUT2D eigenvalue weighted by atomic mass is 16.5. The minimum Gasteiger partial charge on any atom is -0.466 e. The number of ether oxygens (including phenoxy) is 1. The van der Waals surface area contributed by atoms with Gasteiger partial charge in [0, 0.05) is 13.0 Å². The van der Waals surface area contributed by atoms with E-state index in [9.17, 15) is 9.59 Å². The third-order valence-corrected chi connectivity index (χ3v) is 3.66. The molecule has 20 heavy (non-hydrogen) atoms. The van der Waals surface area contributed by atoms with Crippen LogP contribution in [0.3, 0.4) is 0 Å². The molecule has 0 radical (unpaired) electrons. The molecule has 0 aliphatic heterocycles. The van der Waals surface area contributed by atoms with Gasteiger partial charge in [0.05, 0.1) is 12.0 Å². The third-order valence-electron chi connectivity index (χ3n) is 3.66. The van der Waals surface area contributed by atoms with Crippen molar-refractivity contribution >= 4 is 11.9 Å². The van der Waals surface area contributed by atoms with Crippen LogP contribution in [0.4, 0.5) is 0 Å². The van der Waals surface area contributed by atoms with Crippen molar-refractivity contribution in [2.75, 3.05) is 13.2 Å². The molecule has 1 fully saturated rings. The summed E-state index contributed by atoms with van der Waals surface area (Å²) in [7, 11) is 0. The minimum absolute atomic E-state index is 0.0764. The van der Waals surface area contributed by atoms with Gasteiger partial charge in [-0.15, -0.1) is 0 Å². The Morgan fingerprint density at radius 3 is 2.55 bits per heavy atom. The van der Waals surface area contributed by atoms with Crippen LogP contribution in [0.1, 0.15) is 38.2 Å². The zero-order chi connectivity index (χ0) is 14.4. The second-order valence-corrected chi connectivity index (χ2v) is 5.11.